The van der Waals surface area contributed by atoms with Crippen LogP contribution in [-0.2, 0) is 0 Å². The van der Waals surface area contributed by atoms with Gasteiger partial charge in [-0.25, -0.2) is 4.98 Å². The lowest BCUT2D eigenvalue weighted by molar-refractivity contribution is 0.0987. The molecule has 2 aromatic heterocycles. The van der Waals surface area contributed by atoms with E-state index < -0.39 is 0 Å². The molecule has 0 aliphatic carbocycles. The Labute approximate surface area is 140 Å². The highest BCUT2D eigenvalue weighted by Gasteiger charge is 2.25. The van der Waals surface area contributed by atoms with Crippen molar-refractivity contribution in [1.29, 1.82) is 0 Å². The average molecular weight is 354 g/mol. The van der Waals surface area contributed by atoms with E-state index in [4.69, 9.17) is 16.1 Å². The molecule has 0 saturated carbocycles. The van der Waals surface area contributed by atoms with Gasteiger partial charge in [0.15, 0.2) is 5.13 Å². The van der Waals surface area contributed by atoms with Crippen molar-refractivity contribution in [1.82, 2.24) is 10.1 Å². The SMILES string of the molecule is CSc1onc(C)c1C(=O)N(C)c1nc2c(Cl)cccc2s1. The zero-order valence-electron chi connectivity index (χ0n) is 12.1. The van der Waals surface area contributed by atoms with E-state index in [1.165, 1.54) is 28.0 Å². The smallest absolute Gasteiger partial charge is 0.266 e. The molecule has 0 atom stereocenters. The summed E-state index contributed by atoms with van der Waals surface area (Å²) in [5.41, 5.74) is 1.75. The number of amides is 1. The van der Waals surface area contributed by atoms with Crippen LogP contribution in [0.25, 0.3) is 10.2 Å². The predicted molar refractivity (Wildman–Crippen MR) is 90.4 cm³/mol. The fraction of sp³-hybridized carbons (Fsp3) is 0.214. The second-order valence-electron chi connectivity index (χ2n) is 4.58. The molecule has 5 nitrogen and oxygen atoms in total. The number of carbonyl (C=O) groups excluding carboxylic acids is 1. The van der Waals surface area contributed by atoms with Gasteiger partial charge in [0, 0.05) is 7.05 Å². The summed E-state index contributed by atoms with van der Waals surface area (Å²) in [6, 6.07) is 5.58. The van der Waals surface area contributed by atoms with Crippen LogP contribution in [0.3, 0.4) is 0 Å². The number of rotatable bonds is 3. The van der Waals surface area contributed by atoms with Crippen LogP contribution in [0.2, 0.25) is 5.02 Å². The molecule has 3 aromatic rings. The number of para-hydroxylation sites is 1. The fourth-order valence-corrected chi connectivity index (χ4v) is 3.81. The third-order valence-electron chi connectivity index (χ3n) is 3.18. The summed E-state index contributed by atoms with van der Waals surface area (Å²) in [5, 5.41) is 5.53. The molecular weight excluding hydrogens is 342 g/mol. The molecule has 0 fully saturated rings. The molecule has 3 rings (SSSR count). The fourth-order valence-electron chi connectivity index (χ4n) is 2.03. The van der Waals surface area contributed by atoms with Crippen LogP contribution in [0.15, 0.2) is 27.8 Å². The number of aryl methyl sites for hydroxylation is 1. The molecule has 8 heteroatoms. The van der Waals surface area contributed by atoms with Gasteiger partial charge in [-0.2, -0.15) is 0 Å². The first-order chi connectivity index (χ1) is 10.5. The van der Waals surface area contributed by atoms with Gasteiger partial charge in [-0.05, 0) is 25.3 Å². The van der Waals surface area contributed by atoms with Gasteiger partial charge >= 0.3 is 0 Å². The number of thioether (sulfide) groups is 1. The number of fused-ring (bicyclic) bond motifs is 1. The number of carbonyl (C=O) groups is 1. The standard InChI is InChI=1S/C14H12ClN3O2S2/c1-7-10(13(21-3)20-17-7)12(19)18(2)14-16-11-8(15)5-4-6-9(11)22-14/h4-6H,1-3H3. The third kappa shape index (κ3) is 2.49. The van der Waals surface area contributed by atoms with Gasteiger partial charge in [0.2, 0.25) is 5.09 Å². The molecule has 1 aromatic carbocycles. The summed E-state index contributed by atoms with van der Waals surface area (Å²) in [7, 11) is 1.69. The van der Waals surface area contributed by atoms with Crippen LogP contribution in [0.4, 0.5) is 5.13 Å². The van der Waals surface area contributed by atoms with Crippen LogP contribution in [0, 0.1) is 6.92 Å². The second kappa shape index (κ2) is 5.91. The number of thiazole rings is 1. The molecule has 0 bridgehead atoms. The van der Waals surface area contributed by atoms with Crippen LogP contribution in [0.1, 0.15) is 16.1 Å². The van der Waals surface area contributed by atoms with Crippen molar-refractivity contribution in [3.8, 4) is 0 Å². The van der Waals surface area contributed by atoms with E-state index in [9.17, 15) is 4.79 Å². The lowest BCUT2D eigenvalue weighted by Crippen LogP contribution is -2.26. The summed E-state index contributed by atoms with van der Waals surface area (Å²) in [5.74, 6) is -0.196. The van der Waals surface area contributed by atoms with Crippen LogP contribution >= 0.6 is 34.7 Å². The average Bonchev–Trinajstić information content (AvgIpc) is 3.10. The third-order valence-corrected chi connectivity index (χ3v) is 5.23. The molecule has 0 radical (unpaired) electrons. The number of hydrogen-bond acceptors (Lipinski definition) is 6. The van der Waals surface area contributed by atoms with E-state index in [1.807, 2.05) is 18.4 Å². The van der Waals surface area contributed by atoms with E-state index >= 15 is 0 Å². The van der Waals surface area contributed by atoms with Crippen LogP contribution in [-0.4, -0.2) is 29.4 Å². The van der Waals surface area contributed by atoms with E-state index in [2.05, 4.69) is 10.1 Å². The quantitative estimate of drug-likeness (QED) is 0.659. The van der Waals surface area contributed by atoms with Crippen molar-refractivity contribution >= 4 is 56.0 Å². The van der Waals surface area contributed by atoms with Crippen molar-refractivity contribution in [2.75, 3.05) is 18.2 Å². The molecule has 22 heavy (non-hydrogen) atoms. The van der Waals surface area contributed by atoms with Crippen molar-refractivity contribution in [2.24, 2.45) is 0 Å². The molecular formula is C14H12ClN3O2S2. The molecule has 2 heterocycles. The normalized spacial score (nSPS) is 11.1. The topological polar surface area (TPSA) is 59.2 Å². The Hall–Kier alpha value is -1.57. The molecule has 0 aliphatic rings. The summed E-state index contributed by atoms with van der Waals surface area (Å²) < 4.78 is 6.10. The van der Waals surface area contributed by atoms with Gasteiger partial charge in [0.1, 0.15) is 11.1 Å². The first-order valence-electron chi connectivity index (χ1n) is 6.36. The first kappa shape index (κ1) is 15.3. The minimum absolute atomic E-state index is 0.196. The van der Waals surface area contributed by atoms with E-state index in [-0.39, 0.29) is 5.91 Å². The number of halogens is 1. The maximum absolute atomic E-state index is 12.7. The minimum Gasteiger partial charge on any atom is -0.349 e. The monoisotopic (exact) mass is 353 g/mol. The number of aromatic nitrogens is 2. The lowest BCUT2D eigenvalue weighted by atomic mass is 10.2. The largest absolute Gasteiger partial charge is 0.349 e. The molecule has 114 valence electrons. The Morgan fingerprint density at radius 3 is 2.91 bits per heavy atom. The van der Waals surface area contributed by atoms with E-state index in [0.717, 1.165) is 4.70 Å². The molecule has 0 aliphatic heterocycles. The molecule has 0 N–H and O–H groups in total. The zero-order chi connectivity index (χ0) is 15.9. The Morgan fingerprint density at radius 2 is 2.23 bits per heavy atom. The predicted octanol–water partition coefficient (Wildman–Crippen LogP) is 4.24. The zero-order valence-corrected chi connectivity index (χ0v) is 14.5. The van der Waals surface area contributed by atoms with Crippen molar-refractivity contribution in [2.45, 2.75) is 12.0 Å². The second-order valence-corrected chi connectivity index (χ2v) is 6.78. The molecule has 0 spiro atoms. The Bertz CT molecular complexity index is 859. The van der Waals surface area contributed by atoms with E-state index in [0.29, 0.717) is 32.0 Å². The van der Waals surface area contributed by atoms with Gasteiger partial charge in [0.05, 0.1) is 15.4 Å². The maximum atomic E-state index is 12.7. The number of benzene rings is 1. The molecule has 1 amide bonds. The summed E-state index contributed by atoms with van der Waals surface area (Å²) in [4.78, 5) is 18.7. The first-order valence-corrected chi connectivity index (χ1v) is 8.78. The number of hydrogen-bond donors (Lipinski definition) is 0. The molecule has 0 saturated heterocycles. The highest BCUT2D eigenvalue weighted by molar-refractivity contribution is 7.98. The van der Waals surface area contributed by atoms with Crippen molar-refractivity contribution in [3.05, 3.63) is 34.5 Å². The van der Waals surface area contributed by atoms with Crippen molar-refractivity contribution in [3.63, 3.8) is 0 Å². The maximum Gasteiger partial charge on any atom is 0.266 e. The molecule has 0 unspecified atom stereocenters. The Morgan fingerprint density at radius 1 is 1.45 bits per heavy atom. The van der Waals surface area contributed by atoms with Gasteiger partial charge in [0.25, 0.3) is 5.91 Å². The van der Waals surface area contributed by atoms with Gasteiger partial charge in [-0.15, -0.1) is 0 Å². The Kier molecular flexibility index (Phi) is 4.12. The van der Waals surface area contributed by atoms with Crippen LogP contribution < -0.4 is 4.90 Å². The van der Waals surface area contributed by atoms with Crippen molar-refractivity contribution < 1.29 is 9.32 Å². The highest BCUT2D eigenvalue weighted by Crippen LogP contribution is 2.33. The summed E-state index contributed by atoms with van der Waals surface area (Å²) in [6.45, 7) is 1.75. The van der Waals surface area contributed by atoms with Gasteiger partial charge in [-0.3, -0.25) is 9.69 Å². The number of nitrogens with zero attached hydrogens (tertiary/aromatic N) is 3. The number of anilines is 1. The Balaban J connectivity index is 2.01. The van der Waals surface area contributed by atoms with Gasteiger partial charge in [-0.1, -0.05) is 45.9 Å². The highest BCUT2D eigenvalue weighted by atomic mass is 35.5. The van der Waals surface area contributed by atoms with Crippen LogP contribution in [0.5, 0.6) is 0 Å². The summed E-state index contributed by atoms with van der Waals surface area (Å²) in [6.07, 6.45) is 1.84. The minimum atomic E-state index is -0.196. The summed E-state index contributed by atoms with van der Waals surface area (Å²) >= 11 is 8.91. The van der Waals surface area contributed by atoms with E-state index in [1.54, 1.807) is 20.0 Å². The lowest BCUT2D eigenvalue weighted by Gasteiger charge is -2.13. The van der Waals surface area contributed by atoms with Gasteiger partial charge < -0.3 is 4.52 Å².